The van der Waals surface area contributed by atoms with Gasteiger partial charge in [-0.15, -0.1) is 0 Å². The van der Waals surface area contributed by atoms with Crippen molar-refractivity contribution >= 4 is 45.2 Å². The highest BCUT2D eigenvalue weighted by molar-refractivity contribution is 7.88. The Morgan fingerprint density at radius 3 is 2.28 bits per heavy atom. The topological polar surface area (TPSA) is 135 Å². The van der Waals surface area contributed by atoms with Crippen LogP contribution < -0.4 is 14.2 Å². The van der Waals surface area contributed by atoms with Gasteiger partial charge in [-0.25, -0.2) is 13.2 Å². The molecule has 0 bridgehead atoms. The smallest absolute Gasteiger partial charge is 0.387 e. The first-order valence-electron chi connectivity index (χ1n) is 13.8. The van der Waals surface area contributed by atoms with E-state index in [0.29, 0.717) is 10.3 Å². The Kier molecular flexibility index (Phi) is 11.6. The van der Waals surface area contributed by atoms with Crippen LogP contribution in [0.3, 0.4) is 0 Å². The molecular weight excluding hydrogens is 673 g/mol. The molecule has 46 heavy (non-hydrogen) atoms. The second-order valence-electron chi connectivity index (χ2n) is 10.5. The molecule has 1 atom stereocenters. The molecule has 0 aliphatic heterocycles. The van der Waals surface area contributed by atoms with Crippen molar-refractivity contribution < 1.29 is 50.5 Å². The van der Waals surface area contributed by atoms with Crippen LogP contribution in [0.2, 0.25) is 10.0 Å². The molecule has 3 aromatic rings. The molecule has 4 rings (SSSR count). The van der Waals surface area contributed by atoms with Gasteiger partial charge in [0.1, 0.15) is 22.7 Å². The minimum absolute atomic E-state index is 0.0124. The molecule has 0 N–H and O–H groups in total. The third-order valence-corrected chi connectivity index (χ3v) is 8.80. The van der Waals surface area contributed by atoms with Crippen LogP contribution in [0.4, 0.5) is 8.78 Å². The number of halogens is 4. The first kappa shape index (κ1) is 35.1. The molecular formula is C30H30Cl2F2N2O9S. The maximum Gasteiger partial charge on any atom is 0.387 e. The largest absolute Gasteiger partial charge is 0.619 e. The summed E-state index contributed by atoms with van der Waals surface area (Å²) in [4.78, 5) is 25.1. The number of hydrogen-bond donors (Lipinski definition) is 0. The summed E-state index contributed by atoms with van der Waals surface area (Å²) in [7, 11) is -2.72. The summed E-state index contributed by atoms with van der Waals surface area (Å²) in [5.41, 5.74) is 1.25. The van der Waals surface area contributed by atoms with Crippen LogP contribution in [0, 0.1) is 11.1 Å². The number of carbonyl (C=O) groups excluding carboxylic acids is 2. The molecule has 16 heteroatoms. The molecule has 0 saturated heterocycles. The molecule has 2 aromatic carbocycles. The predicted molar refractivity (Wildman–Crippen MR) is 162 cm³/mol. The lowest BCUT2D eigenvalue weighted by molar-refractivity contribution is -0.605. The standard InChI is InChI=1S/C30H30Cl2F2N2O9S/c1-42-29(38)20-7-5-18(6-8-20)13-36(46(2,40)41)16-28(37)44-26(12-22-23(31)14-35(39)15-24(22)32)21-9-10-25(45-30(33)34)27(11-21)43-17-19-3-4-19/h5-11,14-15,19,26,30H,3-4,12-13,16-17H2,1-2H3/t26-/m0/s1. The highest BCUT2D eigenvalue weighted by Gasteiger charge is 2.28. The molecule has 1 heterocycles. The molecule has 1 aliphatic rings. The van der Waals surface area contributed by atoms with Crippen LogP contribution in [0.5, 0.6) is 11.5 Å². The van der Waals surface area contributed by atoms with Crippen LogP contribution in [0.25, 0.3) is 0 Å². The monoisotopic (exact) mass is 702 g/mol. The number of hydrogen-bond acceptors (Lipinski definition) is 9. The summed E-state index contributed by atoms with van der Waals surface area (Å²) in [5, 5.41) is 11.8. The van der Waals surface area contributed by atoms with Crippen molar-refractivity contribution in [3.8, 4) is 11.5 Å². The van der Waals surface area contributed by atoms with E-state index < -0.39 is 41.2 Å². The maximum absolute atomic E-state index is 13.3. The Balaban J connectivity index is 1.62. The summed E-state index contributed by atoms with van der Waals surface area (Å²) in [6, 6.07) is 9.96. The second kappa shape index (κ2) is 15.2. The van der Waals surface area contributed by atoms with Gasteiger partial charge in [-0.3, -0.25) is 4.79 Å². The fourth-order valence-electron chi connectivity index (χ4n) is 4.36. The minimum Gasteiger partial charge on any atom is -0.619 e. The summed E-state index contributed by atoms with van der Waals surface area (Å²) in [6.07, 6.45) is 3.55. The normalized spacial score (nSPS) is 13.8. The van der Waals surface area contributed by atoms with Crippen molar-refractivity contribution in [2.24, 2.45) is 5.92 Å². The van der Waals surface area contributed by atoms with Crippen LogP contribution in [-0.2, 0) is 37.3 Å². The Bertz CT molecular complexity index is 1650. The third kappa shape index (κ3) is 9.89. The van der Waals surface area contributed by atoms with E-state index in [1.807, 2.05) is 0 Å². The molecule has 1 fully saturated rings. The zero-order valence-electron chi connectivity index (χ0n) is 24.7. The van der Waals surface area contributed by atoms with Crippen molar-refractivity contribution in [3.05, 3.63) is 92.4 Å². The van der Waals surface area contributed by atoms with Crippen molar-refractivity contribution in [1.29, 1.82) is 0 Å². The Morgan fingerprint density at radius 1 is 1.07 bits per heavy atom. The van der Waals surface area contributed by atoms with E-state index in [2.05, 4.69) is 9.47 Å². The molecule has 1 aromatic heterocycles. The van der Waals surface area contributed by atoms with Gasteiger partial charge in [-0.1, -0.05) is 41.4 Å². The van der Waals surface area contributed by atoms with Gasteiger partial charge in [0.05, 0.1) is 25.5 Å². The van der Waals surface area contributed by atoms with Crippen LogP contribution in [0.15, 0.2) is 54.9 Å². The second-order valence-corrected chi connectivity index (χ2v) is 13.3. The van der Waals surface area contributed by atoms with Gasteiger partial charge in [-0.2, -0.15) is 17.8 Å². The predicted octanol–water partition coefficient (Wildman–Crippen LogP) is 5.09. The van der Waals surface area contributed by atoms with Gasteiger partial charge in [0, 0.05) is 18.5 Å². The lowest BCUT2D eigenvalue weighted by Crippen LogP contribution is -2.36. The van der Waals surface area contributed by atoms with Gasteiger partial charge in [0.25, 0.3) is 0 Å². The van der Waals surface area contributed by atoms with E-state index in [9.17, 15) is 32.0 Å². The number of methoxy groups -OCH3 is 1. The first-order valence-corrected chi connectivity index (χ1v) is 16.4. The van der Waals surface area contributed by atoms with Crippen molar-refractivity contribution in [3.63, 3.8) is 0 Å². The lowest BCUT2D eigenvalue weighted by atomic mass is 10.0. The fraction of sp³-hybridized carbons (Fsp3) is 0.367. The number of benzene rings is 2. The molecule has 248 valence electrons. The number of nitrogens with zero attached hydrogens (tertiary/aromatic N) is 2. The number of pyridine rings is 1. The Morgan fingerprint density at radius 2 is 1.72 bits per heavy atom. The van der Waals surface area contributed by atoms with Crippen LogP contribution in [0.1, 0.15) is 46.0 Å². The highest BCUT2D eigenvalue weighted by Crippen LogP contribution is 2.38. The van der Waals surface area contributed by atoms with Crippen LogP contribution >= 0.6 is 23.2 Å². The average Bonchev–Trinajstić information content (AvgIpc) is 3.81. The highest BCUT2D eigenvalue weighted by atomic mass is 35.5. The molecule has 1 saturated carbocycles. The van der Waals surface area contributed by atoms with Crippen LogP contribution in [-0.4, -0.2) is 57.8 Å². The quantitative estimate of drug-likeness (QED) is 0.121. The van der Waals surface area contributed by atoms with E-state index in [0.717, 1.165) is 35.8 Å². The van der Waals surface area contributed by atoms with Gasteiger partial charge in [0.15, 0.2) is 23.9 Å². The number of carbonyl (C=O) groups is 2. The number of rotatable bonds is 15. The zero-order valence-corrected chi connectivity index (χ0v) is 27.0. The zero-order chi connectivity index (χ0) is 33.6. The van der Waals surface area contributed by atoms with Gasteiger partial charge >= 0.3 is 18.6 Å². The fourth-order valence-corrected chi connectivity index (χ4v) is 5.68. The van der Waals surface area contributed by atoms with Gasteiger partial charge in [-0.05, 0) is 54.2 Å². The molecule has 0 spiro atoms. The van der Waals surface area contributed by atoms with E-state index in [1.54, 1.807) is 0 Å². The summed E-state index contributed by atoms with van der Waals surface area (Å²) in [6.45, 7) is -3.79. The number of esters is 2. The van der Waals surface area contributed by atoms with Crippen molar-refractivity contribution in [1.82, 2.24) is 4.31 Å². The van der Waals surface area contributed by atoms with E-state index >= 15 is 0 Å². The maximum atomic E-state index is 13.3. The average molecular weight is 704 g/mol. The van der Waals surface area contributed by atoms with Crippen molar-refractivity contribution in [2.45, 2.75) is 38.5 Å². The summed E-state index contributed by atoms with van der Waals surface area (Å²) in [5.74, 6) is -1.50. The van der Waals surface area contributed by atoms with Gasteiger partial charge < -0.3 is 24.2 Å². The SMILES string of the molecule is COC(=O)c1ccc(CN(CC(=O)O[C@@H](Cc2c(Cl)c[n+]([O-])cc2Cl)c2ccc(OC(F)F)c(OCC3CC3)c2)S(C)(=O)=O)cc1. The number of sulfonamides is 1. The Hall–Kier alpha value is -3.72. The number of aromatic nitrogens is 1. The Labute approximate surface area is 274 Å². The van der Waals surface area contributed by atoms with Gasteiger partial charge in [0.2, 0.25) is 10.0 Å². The first-order chi connectivity index (χ1) is 21.7. The number of alkyl halides is 2. The summed E-state index contributed by atoms with van der Waals surface area (Å²) < 4.78 is 73.6. The van der Waals surface area contributed by atoms with Crippen molar-refractivity contribution in [2.75, 3.05) is 26.5 Å². The minimum atomic E-state index is -3.95. The summed E-state index contributed by atoms with van der Waals surface area (Å²) >= 11 is 12.6. The van der Waals surface area contributed by atoms with E-state index in [-0.39, 0.29) is 63.7 Å². The molecule has 0 radical (unpaired) electrons. The molecule has 0 unspecified atom stereocenters. The van der Waals surface area contributed by atoms with E-state index in [1.165, 1.54) is 49.6 Å². The number of ether oxygens (including phenoxy) is 4. The molecule has 11 nitrogen and oxygen atoms in total. The van der Waals surface area contributed by atoms with E-state index in [4.69, 9.17) is 32.7 Å². The lowest BCUT2D eigenvalue weighted by Gasteiger charge is -2.24. The molecule has 0 amide bonds. The third-order valence-electron chi connectivity index (χ3n) is 6.96. The molecule has 1 aliphatic carbocycles.